The molecule has 0 amide bonds. The van der Waals surface area contributed by atoms with Gasteiger partial charge in [-0.05, 0) is 24.6 Å². The highest BCUT2D eigenvalue weighted by Crippen LogP contribution is 2.21. The third kappa shape index (κ3) is 3.28. The van der Waals surface area contributed by atoms with Crippen LogP contribution in [0.2, 0.25) is 0 Å². The maximum absolute atomic E-state index is 6.36. The zero-order valence-electron chi connectivity index (χ0n) is 10.2. The van der Waals surface area contributed by atoms with Crippen LogP contribution in [-0.2, 0) is 0 Å². The Morgan fingerprint density at radius 3 is 2.71 bits per heavy atom. The molecule has 2 atom stereocenters. The zero-order chi connectivity index (χ0) is 12.3. The SMILES string of the molecule is CC(C(N)c1cccc(Br)c1)N1CCNCC1. The highest BCUT2D eigenvalue weighted by Gasteiger charge is 2.23. The van der Waals surface area contributed by atoms with Gasteiger partial charge in [0, 0.05) is 42.7 Å². The molecular formula is C13H20BrN3. The van der Waals surface area contributed by atoms with Crippen LogP contribution in [-0.4, -0.2) is 37.1 Å². The van der Waals surface area contributed by atoms with Gasteiger partial charge in [0.15, 0.2) is 0 Å². The summed E-state index contributed by atoms with van der Waals surface area (Å²) >= 11 is 3.50. The Hall–Kier alpha value is -0.420. The third-order valence-electron chi connectivity index (χ3n) is 3.48. The number of rotatable bonds is 3. The van der Waals surface area contributed by atoms with Crippen molar-refractivity contribution < 1.29 is 0 Å². The normalized spacial score (nSPS) is 21.1. The topological polar surface area (TPSA) is 41.3 Å². The van der Waals surface area contributed by atoms with Gasteiger partial charge >= 0.3 is 0 Å². The van der Waals surface area contributed by atoms with E-state index in [2.05, 4.69) is 45.2 Å². The van der Waals surface area contributed by atoms with E-state index in [-0.39, 0.29) is 6.04 Å². The summed E-state index contributed by atoms with van der Waals surface area (Å²) in [6.07, 6.45) is 0. The summed E-state index contributed by atoms with van der Waals surface area (Å²) < 4.78 is 1.10. The Morgan fingerprint density at radius 2 is 2.06 bits per heavy atom. The van der Waals surface area contributed by atoms with Crippen molar-refractivity contribution in [3.05, 3.63) is 34.3 Å². The van der Waals surface area contributed by atoms with Gasteiger partial charge in [0.2, 0.25) is 0 Å². The second-order valence-electron chi connectivity index (χ2n) is 4.61. The smallest absolute Gasteiger partial charge is 0.0450 e. The van der Waals surface area contributed by atoms with E-state index in [1.807, 2.05) is 12.1 Å². The predicted molar refractivity (Wildman–Crippen MR) is 75.0 cm³/mol. The predicted octanol–water partition coefficient (Wildman–Crippen LogP) is 1.74. The van der Waals surface area contributed by atoms with Crippen LogP contribution < -0.4 is 11.1 Å². The lowest BCUT2D eigenvalue weighted by molar-refractivity contribution is 0.163. The number of nitrogens with two attached hydrogens (primary N) is 1. The van der Waals surface area contributed by atoms with E-state index >= 15 is 0 Å². The van der Waals surface area contributed by atoms with Crippen LogP contribution in [0, 0.1) is 0 Å². The van der Waals surface area contributed by atoms with Crippen LogP contribution in [0.15, 0.2) is 28.7 Å². The Bertz CT molecular complexity index is 363. The Kier molecular flexibility index (Phi) is 4.56. The molecule has 3 N–H and O–H groups in total. The molecule has 1 aliphatic heterocycles. The Morgan fingerprint density at radius 1 is 1.35 bits per heavy atom. The largest absolute Gasteiger partial charge is 0.323 e. The highest BCUT2D eigenvalue weighted by molar-refractivity contribution is 9.10. The van der Waals surface area contributed by atoms with Crippen molar-refractivity contribution >= 4 is 15.9 Å². The number of nitrogens with zero attached hydrogens (tertiary/aromatic N) is 1. The van der Waals surface area contributed by atoms with Crippen molar-refractivity contribution in [2.75, 3.05) is 26.2 Å². The molecule has 0 bridgehead atoms. The number of piperazine rings is 1. The van der Waals surface area contributed by atoms with Crippen LogP contribution in [0.4, 0.5) is 0 Å². The van der Waals surface area contributed by atoms with E-state index in [0.717, 1.165) is 30.7 Å². The average molecular weight is 298 g/mol. The molecule has 1 aromatic carbocycles. The molecule has 0 aliphatic carbocycles. The van der Waals surface area contributed by atoms with Crippen molar-refractivity contribution in [2.45, 2.75) is 19.0 Å². The van der Waals surface area contributed by atoms with Crippen LogP contribution in [0.5, 0.6) is 0 Å². The van der Waals surface area contributed by atoms with Crippen LogP contribution >= 0.6 is 15.9 Å². The molecule has 1 saturated heterocycles. The maximum atomic E-state index is 6.36. The minimum absolute atomic E-state index is 0.0746. The van der Waals surface area contributed by atoms with E-state index in [0.29, 0.717) is 6.04 Å². The summed E-state index contributed by atoms with van der Waals surface area (Å²) in [6, 6.07) is 8.75. The standard InChI is InChI=1S/C13H20BrN3/c1-10(17-7-5-16-6-8-17)13(15)11-3-2-4-12(14)9-11/h2-4,9-10,13,16H,5-8,15H2,1H3. The van der Waals surface area contributed by atoms with Gasteiger partial charge in [-0.2, -0.15) is 0 Å². The van der Waals surface area contributed by atoms with E-state index in [1.165, 1.54) is 5.56 Å². The van der Waals surface area contributed by atoms with Gasteiger partial charge in [0.05, 0.1) is 0 Å². The molecule has 94 valence electrons. The second kappa shape index (κ2) is 5.96. The summed E-state index contributed by atoms with van der Waals surface area (Å²) in [6.45, 7) is 6.52. The summed E-state index contributed by atoms with van der Waals surface area (Å²) in [4.78, 5) is 2.46. The quantitative estimate of drug-likeness (QED) is 0.893. The lowest BCUT2D eigenvalue weighted by Gasteiger charge is -2.36. The molecule has 1 heterocycles. The first-order chi connectivity index (χ1) is 8.18. The molecule has 4 heteroatoms. The molecule has 0 radical (unpaired) electrons. The second-order valence-corrected chi connectivity index (χ2v) is 5.52. The summed E-state index contributed by atoms with van der Waals surface area (Å²) in [7, 11) is 0. The fourth-order valence-electron chi connectivity index (χ4n) is 2.31. The Labute approximate surface area is 111 Å². The van der Waals surface area contributed by atoms with E-state index in [9.17, 15) is 0 Å². The van der Waals surface area contributed by atoms with E-state index < -0.39 is 0 Å². The molecule has 2 rings (SSSR count). The first-order valence-electron chi connectivity index (χ1n) is 6.14. The lowest BCUT2D eigenvalue weighted by atomic mass is 10.00. The molecule has 1 fully saturated rings. The van der Waals surface area contributed by atoms with Gasteiger partial charge in [0.25, 0.3) is 0 Å². The van der Waals surface area contributed by atoms with Crippen LogP contribution in [0.3, 0.4) is 0 Å². The van der Waals surface area contributed by atoms with Crippen molar-refractivity contribution in [2.24, 2.45) is 5.73 Å². The van der Waals surface area contributed by atoms with Gasteiger partial charge in [-0.1, -0.05) is 28.1 Å². The molecule has 0 spiro atoms. The molecule has 1 aromatic rings. The van der Waals surface area contributed by atoms with Gasteiger partial charge in [-0.3, -0.25) is 4.90 Å². The van der Waals surface area contributed by atoms with Crippen molar-refractivity contribution in [1.82, 2.24) is 10.2 Å². The maximum Gasteiger partial charge on any atom is 0.0450 e. The number of nitrogens with one attached hydrogen (secondary N) is 1. The van der Waals surface area contributed by atoms with E-state index in [4.69, 9.17) is 5.73 Å². The number of hydrogen-bond donors (Lipinski definition) is 2. The number of halogens is 1. The van der Waals surface area contributed by atoms with Crippen LogP contribution in [0.25, 0.3) is 0 Å². The molecule has 0 saturated carbocycles. The highest BCUT2D eigenvalue weighted by atomic mass is 79.9. The fraction of sp³-hybridized carbons (Fsp3) is 0.538. The van der Waals surface area contributed by atoms with Gasteiger partial charge < -0.3 is 11.1 Å². The van der Waals surface area contributed by atoms with Crippen molar-refractivity contribution in [1.29, 1.82) is 0 Å². The summed E-state index contributed by atoms with van der Waals surface area (Å²) in [5, 5.41) is 3.37. The Balaban J connectivity index is 2.05. The average Bonchev–Trinajstić information content (AvgIpc) is 2.38. The molecular weight excluding hydrogens is 278 g/mol. The van der Waals surface area contributed by atoms with Gasteiger partial charge in [-0.15, -0.1) is 0 Å². The summed E-state index contributed by atoms with van der Waals surface area (Å²) in [5.41, 5.74) is 7.55. The summed E-state index contributed by atoms with van der Waals surface area (Å²) in [5.74, 6) is 0. The van der Waals surface area contributed by atoms with E-state index in [1.54, 1.807) is 0 Å². The number of hydrogen-bond acceptors (Lipinski definition) is 3. The van der Waals surface area contributed by atoms with Crippen molar-refractivity contribution in [3.8, 4) is 0 Å². The third-order valence-corrected chi connectivity index (χ3v) is 3.97. The lowest BCUT2D eigenvalue weighted by Crippen LogP contribution is -2.50. The van der Waals surface area contributed by atoms with Gasteiger partial charge in [-0.25, -0.2) is 0 Å². The molecule has 3 nitrogen and oxygen atoms in total. The minimum Gasteiger partial charge on any atom is -0.323 e. The van der Waals surface area contributed by atoms with Crippen LogP contribution in [0.1, 0.15) is 18.5 Å². The molecule has 1 aliphatic rings. The molecule has 0 aromatic heterocycles. The monoisotopic (exact) mass is 297 g/mol. The first kappa shape index (κ1) is 13.0. The first-order valence-corrected chi connectivity index (χ1v) is 6.93. The van der Waals surface area contributed by atoms with Gasteiger partial charge in [0.1, 0.15) is 0 Å². The van der Waals surface area contributed by atoms with Crippen molar-refractivity contribution in [3.63, 3.8) is 0 Å². The molecule has 2 unspecified atom stereocenters. The fourth-order valence-corrected chi connectivity index (χ4v) is 2.73. The minimum atomic E-state index is 0.0746. The number of benzene rings is 1. The molecule has 17 heavy (non-hydrogen) atoms. The zero-order valence-corrected chi connectivity index (χ0v) is 11.8.